The van der Waals surface area contributed by atoms with Gasteiger partial charge in [0.15, 0.2) is 5.65 Å². The highest BCUT2D eigenvalue weighted by atomic mass is 16.3. The number of nitrogens with one attached hydrogen (secondary N) is 3. The van der Waals surface area contributed by atoms with E-state index in [2.05, 4.69) is 37.3 Å². The van der Waals surface area contributed by atoms with Crippen LogP contribution >= 0.6 is 0 Å². The van der Waals surface area contributed by atoms with Crippen molar-refractivity contribution in [3.8, 4) is 5.88 Å². The number of fused-ring (bicyclic) bond motifs is 1. The van der Waals surface area contributed by atoms with Crippen LogP contribution in [0.5, 0.6) is 5.88 Å². The lowest BCUT2D eigenvalue weighted by molar-refractivity contribution is 0.454. The summed E-state index contributed by atoms with van der Waals surface area (Å²) >= 11 is 0. The minimum absolute atomic E-state index is 0.0136. The fraction of sp³-hybridized carbons (Fsp3) is 0.333. The first kappa shape index (κ1) is 19.9. The molecule has 1 atom stereocenters. The Morgan fingerprint density at radius 1 is 1.31 bits per heavy atom. The number of hydrogen-bond donors (Lipinski definition) is 4. The number of H-pyrrole nitrogens is 2. The van der Waals surface area contributed by atoms with Gasteiger partial charge in [0.05, 0.1) is 18.3 Å². The predicted molar refractivity (Wildman–Crippen MR) is 117 cm³/mol. The van der Waals surface area contributed by atoms with Gasteiger partial charge in [-0.25, -0.2) is 9.79 Å². The molecule has 1 unspecified atom stereocenters. The van der Waals surface area contributed by atoms with Crippen LogP contribution in [-0.2, 0) is 0 Å². The molecule has 11 heteroatoms. The molecule has 4 aromatic heterocycles. The van der Waals surface area contributed by atoms with Gasteiger partial charge in [0, 0.05) is 17.6 Å². The third-order valence-electron chi connectivity index (χ3n) is 5.25. The molecule has 0 radical (unpaired) electrons. The molecule has 0 bridgehead atoms. The largest absolute Gasteiger partial charge is 0.493 e. The molecule has 1 fully saturated rings. The van der Waals surface area contributed by atoms with Crippen molar-refractivity contribution in [1.29, 1.82) is 0 Å². The average molecular weight is 433 g/mol. The van der Waals surface area contributed by atoms with Crippen molar-refractivity contribution in [3.05, 3.63) is 63.3 Å². The van der Waals surface area contributed by atoms with Gasteiger partial charge in [-0.05, 0) is 43.0 Å². The van der Waals surface area contributed by atoms with Gasteiger partial charge >= 0.3 is 5.69 Å². The summed E-state index contributed by atoms with van der Waals surface area (Å²) in [5.74, 6) is 0.194. The quantitative estimate of drug-likeness (QED) is 0.337. The minimum atomic E-state index is -0.494. The second-order valence-electron chi connectivity index (χ2n) is 7.79. The van der Waals surface area contributed by atoms with Gasteiger partial charge < -0.3 is 15.4 Å². The van der Waals surface area contributed by atoms with E-state index in [9.17, 15) is 9.90 Å². The average Bonchev–Trinajstić information content (AvgIpc) is 3.42. The number of aromatic nitrogens is 7. The molecule has 0 saturated heterocycles. The van der Waals surface area contributed by atoms with Gasteiger partial charge in [-0.1, -0.05) is 13.3 Å². The number of aromatic hydroxyl groups is 1. The number of nitrogens with zero attached hydrogens (tertiary/aromatic N) is 6. The number of anilines is 1. The second-order valence-corrected chi connectivity index (χ2v) is 7.79. The molecule has 1 saturated carbocycles. The molecule has 0 aliphatic heterocycles. The van der Waals surface area contributed by atoms with Crippen molar-refractivity contribution < 1.29 is 5.11 Å². The number of rotatable bonds is 7. The van der Waals surface area contributed by atoms with E-state index in [0.717, 1.165) is 31.2 Å². The van der Waals surface area contributed by atoms with Crippen molar-refractivity contribution >= 4 is 17.7 Å². The first-order valence-corrected chi connectivity index (χ1v) is 10.6. The minimum Gasteiger partial charge on any atom is -0.493 e. The Labute approximate surface area is 182 Å². The maximum Gasteiger partial charge on any atom is 0.326 e. The van der Waals surface area contributed by atoms with Gasteiger partial charge in [0.25, 0.3) is 5.62 Å². The number of pyridine rings is 1. The van der Waals surface area contributed by atoms with Gasteiger partial charge in [-0.3, -0.25) is 9.97 Å². The summed E-state index contributed by atoms with van der Waals surface area (Å²) in [4.78, 5) is 34.5. The molecule has 4 N–H and O–H groups in total. The molecule has 0 spiro atoms. The fourth-order valence-corrected chi connectivity index (χ4v) is 3.51. The summed E-state index contributed by atoms with van der Waals surface area (Å²) in [7, 11) is 0. The van der Waals surface area contributed by atoms with Crippen LogP contribution < -0.4 is 21.8 Å². The van der Waals surface area contributed by atoms with Crippen molar-refractivity contribution in [2.45, 2.75) is 44.7 Å². The Kier molecular flexibility index (Phi) is 5.13. The van der Waals surface area contributed by atoms with Crippen LogP contribution in [0.2, 0.25) is 0 Å². The number of hydrogen-bond acceptors (Lipinski definition) is 8. The molecule has 5 rings (SSSR count). The summed E-state index contributed by atoms with van der Waals surface area (Å²) in [5.41, 5.74) is 1.84. The zero-order valence-corrected chi connectivity index (χ0v) is 17.5. The Balaban J connectivity index is 1.63. The van der Waals surface area contributed by atoms with Crippen LogP contribution in [0.4, 0.5) is 5.95 Å². The third-order valence-corrected chi connectivity index (χ3v) is 5.25. The Hall–Kier alpha value is -4.02. The van der Waals surface area contributed by atoms with E-state index in [4.69, 9.17) is 9.98 Å². The van der Waals surface area contributed by atoms with E-state index >= 15 is 0 Å². The Morgan fingerprint density at radius 2 is 2.12 bits per heavy atom. The Bertz CT molecular complexity index is 1420. The van der Waals surface area contributed by atoms with Crippen molar-refractivity contribution in [2.24, 2.45) is 4.99 Å². The SMILES string of the molecule is CCCC(Nc1nc(=NC2CC2)n2nc/c(=C\c3[nH]c(=O)[nH]c3O)c2n1)c1ccncc1. The highest BCUT2D eigenvalue weighted by Gasteiger charge is 2.21. The van der Waals surface area contributed by atoms with Gasteiger partial charge in [0.2, 0.25) is 11.8 Å². The monoisotopic (exact) mass is 433 g/mol. The highest BCUT2D eigenvalue weighted by Crippen LogP contribution is 2.23. The summed E-state index contributed by atoms with van der Waals surface area (Å²) in [6.07, 6.45) is 10.7. The molecule has 32 heavy (non-hydrogen) atoms. The van der Waals surface area contributed by atoms with Crippen LogP contribution in [0.1, 0.15) is 49.9 Å². The maximum atomic E-state index is 11.5. The van der Waals surface area contributed by atoms with E-state index in [1.54, 1.807) is 29.2 Å². The van der Waals surface area contributed by atoms with E-state index in [-0.39, 0.29) is 23.7 Å². The summed E-state index contributed by atoms with van der Waals surface area (Å²) in [6.45, 7) is 2.13. The second kappa shape index (κ2) is 8.25. The zero-order valence-electron chi connectivity index (χ0n) is 17.5. The molecule has 0 aromatic carbocycles. The van der Waals surface area contributed by atoms with Gasteiger partial charge in [-0.15, -0.1) is 0 Å². The lowest BCUT2D eigenvalue weighted by Crippen LogP contribution is -2.26. The van der Waals surface area contributed by atoms with Crippen LogP contribution in [0.15, 0.2) is 40.5 Å². The molecule has 11 nitrogen and oxygen atoms in total. The fourth-order valence-electron chi connectivity index (χ4n) is 3.51. The molecular formula is C21H23N9O2. The predicted octanol–water partition coefficient (Wildman–Crippen LogP) is 0.805. The lowest BCUT2D eigenvalue weighted by atomic mass is 10.0. The molecule has 164 valence electrons. The lowest BCUT2D eigenvalue weighted by Gasteiger charge is -2.18. The van der Waals surface area contributed by atoms with E-state index in [0.29, 0.717) is 22.4 Å². The van der Waals surface area contributed by atoms with E-state index in [1.807, 2.05) is 12.1 Å². The van der Waals surface area contributed by atoms with Crippen LogP contribution in [0, 0.1) is 0 Å². The zero-order chi connectivity index (χ0) is 22.1. The van der Waals surface area contributed by atoms with Crippen LogP contribution in [0.3, 0.4) is 0 Å². The van der Waals surface area contributed by atoms with Crippen molar-refractivity contribution in [2.75, 3.05) is 5.32 Å². The first-order valence-electron chi connectivity index (χ1n) is 10.6. The smallest absolute Gasteiger partial charge is 0.326 e. The maximum absolute atomic E-state index is 11.5. The van der Waals surface area contributed by atoms with Crippen molar-refractivity contribution in [3.63, 3.8) is 0 Å². The van der Waals surface area contributed by atoms with Gasteiger partial charge in [-0.2, -0.15) is 19.6 Å². The number of imidazole rings is 1. The molecule has 1 aliphatic carbocycles. The van der Waals surface area contributed by atoms with Gasteiger partial charge in [0.1, 0.15) is 5.69 Å². The molecular weight excluding hydrogens is 410 g/mol. The summed E-state index contributed by atoms with van der Waals surface area (Å²) in [5, 5.41) is 18.4. The number of aromatic amines is 2. The molecule has 4 heterocycles. The summed E-state index contributed by atoms with van der Waals surface area (Å²) < 4.78 is 1.58. The standard InChI is InChI=1S/C21H23N9O2/c1-2-3-15(12-6-8-22-9-7-12)25-19-27-17-13(10-16-18(31)28-21(32)26-16)11-23-30(17)20(29-19)24-14-4-5-14/h6-11,14-15,31H,2-5H2,1H3,(H,24,25,29)(H2,26,28,32)/b13-10+. The molecule has 1 aliphatic rings. The van der Waals surface area contributed by atoms with Crippen molar-refractivity contribution in [1.82, 2.24) is 34.5 Å². The highest BCUT2D eigenvalue weighted by molar-refractivity contribution is 5.57. The first-order chi connectivity index (χ1) is 15.6. The molecule has 4 aromatic rings. The summed E-state index contributed by atoms with van der Waals surface area (Å²) in [6, 6.07) is 4.21. The van der Waals surface area contributed by atoms with E-state index in [1.165, 1.54) is 0 Å². The van der Waals surface area contributed by atoms with E-state index < -0.39 is 5.69 Å². The topological polar surface area (TPSA) is 149 Å². The van der Waals surface area contributed by atoms with Crippen LogP contribution in [-0.4, -0.2) is 45.7 Å². The Morgan fingerprint density at radius 3 is 2.81 bits per heavy atom. The molecule has 0 amide bonds. The van der Waals surface area contributed by atoms with Crippen LogP contribution in [0.25, 0.3) is 11.7 Å². The normalized spacial score (nSPS) is 16.0. The third kappa shape index (κ3) is 4.09.